The molecule has 1 unspecified atom stereocenters. The van der Waals surface area contributed by atoms with Crippen molar-refractivity contribution in [2.24, 2.45) is 0 Å². The highest BCUT2D eigenvalue weighted by Crippen LogP contribution is 2.34. The standard InChI is InChI=1S/C13H23N3S/c1-4-6-15-13(12-14-7-9-17-12)5-8-16(10-13)11(2)3/h7,9,11,15H,4-6,8,10H2,1-3H3. The Morgan fingerprint density at radius 3 is 2.94 bits per heavy atom. The summed E-state index contributed by atoms with van der Waals surface area (Å²) in [5.74, 6) is 0. The maximum absolute atomic E-state index is 4.55. The van der Waals surface area contributed by atoms with Gasteiger partial charge in [0.25, 0.3) is 0 Å². The summed E-state index contributed by atoms with van der Waals surface area (Å²) < 4.78 is 0. The van der Waals surface area contributed by atoms with Crippen LogP contribution in [0.2, 0.25) is 0 Å². The summed E-state index contributed by atoms with van der Waals surface area (Å²) in [5, 5.41) is 7.08. The molecule has 1 aliphatic heterocycles. The molecular weight excluding hydrogens is 230 g/mol. The third kappa shape index (κ3) is 2.69. The van der Waals surface area contributed by atoms with Crippen LogP contribution in [-0.4, -0.2) is 35.6 Å². The first-order valence-corrected chi connectivity index (χ1v) is 7.45. The number of thiazole rings is 1. The van der Waals surface area contributed by atoms with E-state index in [4.69, 9.17) is 0 Å². The van der Waals surface area contributed by atoms with Gasteiger partial charge >= 0.3 is 0 Å². The molecule has 1 aromatic rings. The Morgan fingerprint density at radius 2 is 2.41 bits per heavy atom. The summed E-state index contributed by atoms with van der Waals surface area (Å²) in [6.07, 6.45) is 4.28. The second-order valence-corrected chi connectivity index (χ2v) is 6.05. The number of rotatable bonds is 5. The summed E-state index contributed by atoms with van der Waals surface area (Å²) in [7, 11) is 0. The first-order valence-electron chi connectivity index (χ1n) is 6.57. The number of hydrogen-bond acceptors (Lipinski definition) is 4. The van der Waals surface area contributed by atoms with Crippen molar-refractivity contribution in [3.63, 3.8) is 0 Å². The molecule has 2 rings (SSSR count). The van der Waals surface area contributed by atoms with Gasteiger partial charge in [0.1, 0.15) is 5.01 Å². The Kier molecular flexibility index (Phi) is 4.17. The Morgan fingerprint density at radius 1 is 1.59 bits per heavy atom. The predicted molar refractivity (Wildman–Crippen MR) is 73.4 cm³/mol. The van der Waals surface area contributed by atoms with Gasteiger partial charge in [-0.1, -0.05) is 6.92 Å². The molecule has 0 aromatic carbocycles. The Hall–Kier alpha value is -0.450. The van der Waals surface area contributed by atoms with E-state index in [1.54, 1.807) is 11.3 Å². The van der Waals surface area contributed by atoms with Crippen LogP contribution in [0.25, 0.3) is 0 Å². The predicted octanol–water partition coefficient (Wildman–Crippen LogP) is 2.45. The Labute approximate surface area is 108 Å². The van der Waals surface area contributed by atoms with Crippen molar-refractivity contribution in [2.45, 2.75) is 45.2 Å². The second kappa shape index (κ2) is 5.46. The van der Waals surface area contributed by atoms with Crippen LogP contribution in [-0.2, 0) is 5.54 Å². The summed E-state index contributed by atoms with van der Waals surface area (Å²) in [4.78, 5) is 7.09. The van der Waals surface area contributed by atoms with Crippen LogP contribution >= 0.6 is 11.3 Å². The molecule has 0 aliphatic carbocycles. The molecule has 1 aliphatic rings. The number of nitrogens with zero attached hydrogens (tertiary/aromatic N) is 2. The van der Waals surface area contributed by atoms with Gasteiger partial charge in [-0.05, 0) is 33.2 Å². The lowest BCUT2D eigenvalue weighted by Gasteiger charge is -2.30. The van der Waals surface area contributed by atoms with E-state index in [0.29, 0.717) is 6.04 Å². The van der Waals surface area contributed by atoms with Gasteiger partial charge in [0.05, 0.1) is 5.54 Å². The molecule has 4 heteroatoms. The largest absolute Gasteiger partial charge is 0.304 e. The molecule has 0 spiro atoms. The van der Waals surface area contributed by atoms with Crippen molar-refractivity contribution >= 4 is 11.3 Å². The van der Waals surface area contributed by atoms with Gasteiger partial charge in [-0.15, -0.1) is 11.3 Å². The van der Waals surface area contributed by atoms with E-state index >= 15 is 0 Å². The van der Waals surface area contributed by atoms with Crippen LogP contribution in [0.1, 0.15) is 38.6 Å². The van der Waals surface area contributed by atoms with Crippen LogP contribution in [0, 0.1) is 0 Å². The topological polar surface area (TPSA) is 28.2 Å². The van der Waals surface area contributed by atoms with Crippen LogP contribution in [0.15, 0.2) is 11.6 Å². The van der Waals surface area contributed by atoms with Crippen molar-refractivity contribution in [1.82, 2.24) is 15.2 Å². The molecule has 1 saturated heterocycles. The molecule has 0 radical (unpaired) electrons. The quantitative estimate of drug-likeness (QED) is 0.873. The van der Waals surface area contributed by atoms with Gasteiger partial charge in [0.15, 0.2) is 0 Å². The fourth-order valence-corrected chi connectivity index (χ4v) is 3.34. The minimum atomic E-state index is 0.106. The molecule has 0 bridgehead atoms. The highest BCUT2D eigenvalue weighted by molar-refractivity contribution is 7.09. The SMILES string of the molecule is CCCNC1(c2nccs2)CCN(C(C)C)C1. The van der Waals surface area contributed by atoms with E-state index in [2.05, 4.69) is 41.4 Å². The molecule has 1 N–H and O–H groups in total. The molecule has 1 atom stereocenters. The third-order valence-electron chi connectivity index (χ3n) is 3.58. The second-order valence-electron chi connectivity index (χ2n) is 5.16. The first-order chi connectivity index (χ1) is 8.18. The van der Waals surface area contributed by atoms with Crippen molar-refractivity contribution in [3.05, 3.63) is 16.6 Å². The van der Waals surface area contributed by atoms with Gasteiger partial charge in [0, 0.05) is 30.7 Å². The van der Waals surface area contributed by atoms with E-state index in [1.807, 2.05) is 6.20 Å². The summed E-state index contributed by atoms with van der Waals surface area (Å²) in [6.45, 7) is 10.1. The lowest BCUT2D eigenvalue weighted by atomic mass is 9.99. The number of aromatic nitrogens is 1. The van der Waals surface area contributed by atoms with Crippen molar-refractivity contribution < 1.29 is 0 Å². The zero-order valence-electron chi connectivity index (χ0n) is 11.1. The maximum Gasteiger partial charge on any atom is 0.114 e. The minimum absolute atomic E-state index is 0.106. The number of hydrogen-bond donors (Lipinski definition) is 1. The van der Waals surface area contributed by atoms with Crippen LogP contribution < -0.4 is 5.32 Å². The molecule has 0 saturated carbocycles. The average molecular weight is 253 g/mol. The van der Waals surface area contributed by atoms with Crippen molar-refractivity contribution in [3.8, 4) is 0 Å². The van der Waals surface area contributed by atoms with E-state index in [0.717, 1.165) is 13.1 Å². The molecular formula is C13H23N3S. The molecule has 3 nitrogen and oxygen atoms in total. The summed E-state index contributed by atoms with van der Waals surface area (Å²) in [5.41, 5.74) is 0.106. The highest BCUT2D eigenvalue weighted by Gasteiger charge is 2.41. The Balaban J connectivity index is 2.15. The van der Waals surface area contributed by atoms with Crippen molar-refractivity contribution in [1.29, 1.82) is 0 Å². The minimum Gasteiger partial charge on any atom is -0.304 e. The highest BCUT2D eigenvalue weighted by atomic mass is 32.1. The number of likely N-dealkylation sites (tertiary alicyclic amines) is 1. The maximum atomic E-state index is 4.55. The van der Waals surface area contributed by atoms with Crippen LogP contribution in [0.4, 0.5) is 0 Å². The van der Waals surface area contributed by atoms with E-state index in [9.17, 15) is 0 Å². The van der Waals surface area contributed by atoms with Gasteiger partial charge in [-0.3, -0.25) is 4.90 Å². The van der Waals surface area contributed by atoms with E-state index in [1.165, 1.54) is 24.4 Å². The lowest BCUT2D eigenvalue weighted by Crippen LogP contribution is -2.46. The Bertz CT molecular complexity index is 336. The third-order valence-corrected chi connectivity index (χ3v) is 4.56. The zero-order valence-corrected chi connectivity index (χ0v) is 11.9. The van der Waals surface area contributed by atoms with Crippen LogP contribution in [0.5, 0.6) is 0 Å². The molecule has 96 valence electrons. The zero-order chi connectivity index (χ0) is 12.3. The summed E-state index contributed by atoms with van der Waals surface area (Å²) in [6, 6.07) is 0.625. The van der Waals surface area contributed by atoms with E-state index in [-0.39, 0.29) is 5.54 Å². The average Bonchev–Trinajstić information content (AvgIpc) is 2.96. The van der Waals surface area contributed by atoms with E-state index < -0.39 is 0 Å². The molecule has 17 heavy (non-hydrogen) atoms. The molecule has 1 fully saturated rings. The van der Waals surface area contributed by atoms with Crippen LogP contribution in [0.3, 0.4) is 0 Å². The van der Waals surface area contributed by atoms with Gasteiger partial charge in [0.2, 0.25) is 0 Å². The van der Waals surface area contributed by atoms with Gasteiger partial charge in [-0.2, -0.15) is 0 Å². The normalized spacial score (nSPS) is 25.9. The number of nitrogens with one attached hydrogen (secondary N) is 1. The molecule has 1 aromatic heterocycles. The van der Waals surface area contributed by atoms with Crippen molar-refractivity contribution in [2.75, 3.05) is 19.6 Å². The lowest BCUT2D eigenvalue weighted by molar-refractivity contribution is 0.240. The summed E-state index contributed by atoms with van der Waals surface area (Å²) >= 11 is 1.78. The van der Waals surface area contributed by atoms with Gasteiger partial charge < -0.3 is 5.32 Å². The fraction of sp³-hybridized carbons (Fsp3) is 0.769. The monoisotopic (exact) mass is 253 g/mol. The first kappa shape index (κ1) is 13.0. The van der Waals surface area contributed by atoms with Gasteiger partial charge in [-0.25, -0.2) is 4.98 Å². The molecule has 0 amide bonds. The smallest absolute Gasteiger partial charge is 0.114 e. The molecule has 2 heterocycles. The fourth-order valence-electron chi connectivity index (χ4n) is 2.50.